The summed E-state index contributed by atoms with van der Waals surface area (Å²) in [5.41, 5.74) is 2.28. The van der Waals surface area contributed by atoms with Gasteiger partial charge in [-0.2, -0.15) is 12.6 Å². The summed E-state index contributed by atoms with van der Waals surface area (Å²) in [5, 5.41) is 12.2. The van der Waals surface area contributed by atoms with Gasteiger partial charge in [0.2, 0.25) is 0 Å². The number of rotatable bonds is 2. The van der Waals surface area contributed by atoms with Gasteiger partial charge in [-0.15, -0.1) is 0 Å². The molecule has 0 fully saturated rings. The average Bonchev–Trinajstić information content (AvgIpc) is 2.55. The first-order valence-electron chi connectivity index (χ1n) is 7.48. The lowest BCUT2D eigenvalue weighted by Crippen LogP contribution is -1.91. The summed E-state index contributed by atoms with van der Waals surface area (Å²) in [6.07, 6.45) is -0.397. The Hall–Kier alpha value is -1.77. The van der Waals surface area contributed by atoms with Crippen LogP contribution in [0.3, 0.4) is 0 Å². The molecule has 0 aliphatic carbocycles. The van der Waals surface area contributed by atoms with Crippen molar-refractivity contribution in [2.75, 3.05) is 0 Å². The molecular weight excluding hydrogens is 288 g/mol. The van der Waals surface area contributed by atoms with Crippen molar-refractivity contribution in [2.24, 2.45) is 0 Å². The van der Waals surface area contributed by atoms with Crippen LogP contribution < -0.4 is 0 Å². The normalized spacial score (nSPS) is 13.1. The zero-order valence-electron chi connectivity index (χ0n) is 13.0. The van der Waals surface area contributed by atoms with Gasteiger partial charge in [-0.25, -0.2) is 0 Å². The van der Waals surface area contributed by atoms with Crippen LogP contribution in [0, 0.1) is 0 Å². The molecule has 0 heterocycles. The monoisotopic (exact) mass is 310 g/mol. The van der Waals surface area contributed by atoms with E-state index in [2.05, 4.69) is 43.8 Å². The highest BCUT2D eigenvalue weighted by molar-refractivity contribution is 7.80. The zero-order valence-corrected chi connectivity index (χ0v) is 13.9. The van der Waals surface area contributed by atoms with Crippen LogP contribution in [0.5, 0.6) is 0 Å². The molecule has 22 heavy (non-hydrogen) atoms. The molecule has 3 rings (SSSR count). The highest BCUT2D eigenvalue weighted by Gasteiger charge is 2.04. The minimum atomic E-state index is -0.397. The quantitative estimate of drug-likeness (QED) is 0.593. The van der Waals surface area contributed by atoms with E-state index in [1.54, 1.807) is 6.92 Å². The van der Waals surface area contributed by atoms with Crippen LogP contribution in [0.15, 0.2) is 72.8 Å². The molecule has 0 amide bonds. The summed E-state index contributed by atoms with van der Waals surface area (Å²) in [4.78, 5) is 0. The van der Waals surface area contributed by atoms with Gasteiger partial charge < -0.3 is 5.11 Å². The largest absolute Gasteiger partial charge is 0.389 e. The molecule has 0 aliphatic heterocycles. The molecule has 2 atom stereocenters. The Bertz CT molecular complexity index is 700. The van der Waals surface area contributed by atoms with Gasteiger partial charge in [0, 0.05) is 5.25 Å². The minimum absolute atomic E-state index is 0.353. The van der Waals surface area contributed by atoms with Crippen LogP contribution in [0.2, 0.25) is 0 Å². The molecule has 3 aromatic carbocycles. The number of aliphatic hydroxyl groups is 1. The van der Waals surface area contributed by atoms with Gasteiger partial charge in [0.25, 0.3) is 0 Å². The minimum Gasteiger partial charge on any atom is -0.389 e. The van der Waals surface area contributed by atoms with E-state index in [4.69, 9.17) is 0 Å². The Morgan fingerprint density at radius 2 is 1.36 bits per heavy atom. The molecule has 0 aromatic heterocycles. The maximum atomic E-state index is 9.52. The van der Waals surface area contributed by atoms with Crippen LogP contribution in [-0.4, -0.2) is 5.11 Å². The van der Waals surface area contributed by atoms with Crippen molar-refractivity contribution in [3.05, 3.63) is 83.9 Å². The smallest absolute Gasteiger partial charge is 0.0767 e. The summed E-state index contributed by atoms with van der Waals surface area (Å²) in [5.74, 6) is 0. The topological polar surface area (TPSA) is 20.2 Å². The fraction of sp³-hybridized carbons (Fsp3) is 0.200. The third kappa shape index (κ3) is 4.36. The van der Waals surface area contributed by atoms with Gasteiger partial charge in [-0.1, -0.05) is 72.8 Å². The van der Waals surface area contributed by atoms with E-state index in [9.17, 15) is 5.11 Å². The molecule has 0 aliphatic rings. The number of fused-ring (bicyclic) bond motifs is 1. The van der Waals surface area contributed by atoms with Gasteiger partial charge >= 0.3 is 0 Å². The summed E-state index contributed by atoms with van der Waals surface area (Å²) >= 11 is 4.29. The van der Waals surface area contributed by atoms with Crippen molar-refractivity contribution >= 4 is 23.4 Å². The van der Waals surface area contributed by atoms with E-state index >= 15 is 0 Å². The Morgan fingerprint density at radius 3 is 1.95 bits per heavy atom. The fourth-order valence-electron chi connectivity index (χ4n) is 2.35. The molecule has 0 radical (unpaired) electrons. The number of hydrogen-bond acceptors (Lipinski definition) is 2. The molecule has 2 heteroatoms. The van der Waals surface area contributed by atoms with Crippen molar-refractivity contribution < 1.29 is 5.11 Å². The molecule has 0 saturated carbocycles. The molecule has 0 bridgehead atoms. The van der Waals surface area contributed by atoms with Crippen LogP contribution >= 0.6 is 12.6 Å². The molecule has 2 unspecified atom stereocenters. The van der Waals surface area contributed by atoms with Crippen LogP contribution in [-0.2, 0) is 0 Å². The van der Waals surface area contributed by atoms with Crippen molar-refractivity contribution in [3.8, 4) is 0 Å². The maximum absolute atomic E-state index is 9.52. The van der Waals surface area contributed by atoms with Crippen molar-refractivity contribution in [3.63, 3.8) is 0 Å². The molecule has 114 valence electrons. The lowest BCUT2D eigenvalue weighted by molar-refractivity contribution is 0.201. The number of thiol groups is 1. The average molecular weight is 310 g/mol. The number of hydrogen-bond donors (Lipinski definition) is 2. The van der Waals surface area contributed by atoms with E-state index < -0.39 is 6.10 Å². The Labute approximate surface area is 138 Å². The lowest BCUT2D eigenvalue weighted by Gasteiger charge is -2.08. The van der Waals surface area contributed by atoms with E-state index in [1.165, 1.54) is 10.9 Å². The summed E-state index contributed by atoms with van der Waals surface area (Å²) in [6.45, 7) is 3.86. The van der Waals surface area contributed by atoms with Gasteiger partial charge in [-0.05, 0) is 35.7 Å². The number of aliphatic hydroxyl groups excluding tert-OH is 1. The standard InChI is InChI=1S/C12H12O.C8H10S/c1-9(13)11-8-4-6-10-5-2-3-7-12(10)11;1-7(9)8-5-3-2-4-6-8/h2-9,13H,1H3;2-7,9H,1H3. The maximum Gasteiger partial charge on any atom is 0.0767 e. The van der Waals surface area contributed by atoms with Crippen molar-refractivity contribution in [1.29, 1.82) is 0 Å². The van der Waals surface area contributed by atoms with Crippen molar-refractivity contribution in [2.45, 2.75) is 25.2 Å². The van der Waals surface area contributed by atoms with Gasteiger partial charge in [0.15, 0.2) is 0 Å². The molecule has 1 N–H and O–H groups in total. The molecule has 0 saturated heterocycles. The van der Waals surface area contributed by atoms with Gasteiger partial charge in [0.05, 0.1) is 6.10 Å². The summed E-state index contributed by atoms with van der Waals surface area (Å²) in [7, 11) is 0. The summed E-state index contributed by atoms with van der Waals surface area (Å²) < 4.78 is 0. The first-order valence-corrected chi connectivity index (χ1v) is 8.00. The third-order valence-electron chi connectivity index (χ3n) is 3.56. The Morgan fingerprint density at radius 1 is 0.773 bits per heavy atom. The molecule has 1 nitrogen and oxygen atoms in total. The van der Waals surface area contributed by atoms with Crippen molar-refractivity contribution in [1.82, 2.24) is 0 Å². The van der Waals surface area contributed by atoms with E-state index in [0.29, 0.717) is 5.25 Å². The zero-order chi connectivity index (χ0) is 15.9. The first-order chi connectivity index (χ1) is 10.6. The predicted molar refractivity (Wildman–Crippen MR) is 98.4 cm³/mol. The number of benzene rings is 3. The second-order valence-electron chi connectivity index (χ2n) is 5.33. The predicted octanol–water partition coefficient (Wildman–Crippen LogP) is 5.57. The van der Waals surface area contributed by atoms with Crippen LogP contribution in [0.25, 0.3) is 10.8 Å². The Kier molecular flexibility index (Phi) is 6.05. The van der Waals surface area contributed by atoms with E-state index in [0.717, 1.165) is 10.9 Å². The van der Waals surface area contributed by atoms with Gasteiger partial charge in [-0.3, -0.25) is 0 Å². The lowest BCUT2D eigenvalue weighted by atomic mass is 10.0. The van der Waals surface area contributed by atoms with Crippen LogP contribution in [0.1, 0.15) is 36.3 Å². The first kappa shape index (κ1) is 16.6. The highest BCUT2D eigenvalue weighted by Crippen LogP contribution is 2.23. The van der Waals surface area contributed by atoms with Crippen LogP contribution in [0.4, 0.5) is 0 Å². The summed E-state index contributed by atoms with van der Waals surface area (Å²) in [6, 6.07) is 24.3. The van der Waals surface area contributed by atoms with E-state index in [1.807, 2.05) is 48.5 Å². The SMILES string of the molecule is CC(O)c1cccc2ccccc12.CC(S)c1ccccc1. The second kappa shape index (κ2) is 8.02. The third-order valence-corrected chi connectivity index (χ3v) is 3.85. The van der Waals surface area contributed by atoms with Gasteiger partial charge in [0.1, 0.15) is 0 Å². The fourth-order valence-corrected chi connectivity index (χ4v) is 2.52. The molecule has 3 aromatic rings. The molecule has 0 spiro atoms. The Balaban J connectivity index is 0.000000172. The molecular formula is C20H22OS. The van der Waals surface area contributed by atoms with E-state index in [-0.39, 0.29) is 0 Å². The second-order valence-corrected chi connectivity index (χ2v) is 6.11. The highest BCUT2D eigenvalue weighted by atomic mass is 32.1.